The molecule has 0 saturated heterocycles. The van der Waals surface area contributed by atoms with Crippen LogP contribution in [0.5, 0.6) is 0 Å². The minimum atomic E-state index is -4.30. The predicted octanol–water partition coefficient (Wildman–Crippen LogP) is 7.18. The van der Waals surface area contributed by atoms with Crippen molar-refractivity contribution in [3.05, 3.63) is 136 Å². The Morgan fingerprint density at radius 1 is 0.718 bits per heavy atom. The maximum Gasteiger partial charge on any atom is -0.147 e. The molecule has 39 heavy (non-hydrogen) atoms. The standard InChI is InChI=1S/C17H18N.2C6H5.C5H5.2ClH.H2Si.Zr/c1-3-18(4-2)15-9-10-17-14(12-15)11-13-7-5-6-8-16(13)17;2*1-2-4-6-5-3-1;1-2-4-5-3-1;;;;/h5-12H,3-4H2,1-2H3;2*1-5H;1-3H,4H2;2*1H;1H2;. The molecular formula is C34H37Cl2NSiZr. The summed E-state index contributed by atoms with van der Waals surface area (Å²) in [5.74, 6) is 0. The molecule has 0 aromatic heterocycles. The fraction of sp³-hybridized carbons (Fsp3) is 0.176. The Kier molecular flexibility index (Phi) is 8.98. The van der Waals surface area contributed by atoms with Crippen LogP contribution in [0.3, 0.4) is 0 Å². The molecule has 2 aliphatic carbocycles. The maximum atomic E-state index is 2.54. The van der Waals surface area contributed by atoms with E-state index >= 15 is 0 Å². The molecule has 2 aliphatic rings. The molecule has 0 bridgehead atoms. The third kappa shape index (κ3) is 4.38. The molecule has 0 saturated carbocycles. The van der Waals surface area contributed by atoms with E-state index in [1.165, 1.54) is 27.9 Å². The summed E-state index contributed by atoms with van der Waals surface area (Å²) < 4.78 is 5.13. The molecule has 0 spiro atoms. The van der Waals surface area contributed by atoms with E-state index in [-0.39, 0.29) is 24.8 Å². The largest absolute Gasteiger partial charge is 0.147 e. The second-order valence-corrected chi connectivity index (χ2v) is 32.7. The Bertz CT molecular complexity index is 1550. The van der Waals surface area contributed by atoms with Crippen LogP contribution >= 0.6 is 24.8 Å². The van der Waals surface area contributed by atoms with Gasteiger partial charge in [0.1, 0.15) is 0 Å². The van der Waals surface area contributed by atoms with Gasteiger partial charge in [0, 0.05) is 0 Å². The summed E-state index contributed by atoms with van der Waals surface area (Å²) in [6, 6.07) is 39.7. The minimum Gasteiger partial charge on any atom is -0.147 e. The van der Waals surface area contributed by atoms with Crippen molar-refractivity contribution in [1.29, 1.82) is 0 Å². The second-order valence-electron chi connectivity index (χ2n) is 10.6. The molecule has 1 atom stereocenters. The molecule has 200 valence electrons. The Balaban J connectivity index is 0.00000176. The van der Waals surface area contributed by atoms with Crippen LogP contribution in [0.4, 0.5) is 5.69 Å². The minimum absolute atomic E-state index is 0. The normalized spacial score (nSPS) is 15.5. The Hall–Kier alpha value is -2.16. The fourth-order valence-electron chi connectivity index (χ4n) is 7.23. The van der Waals surface area contributed by atoms with Crippen LogP contribution in [0.1, 0.15) is 35.0 Å². The van der Waals surface area contributed by atoms with E-state index in [1.807, 2.05) is 0 Å². The van der Waals surface area contributed by atoms with Crippen molar-refractivity contribution in [2.75, 3.05) is 18.0 Å². The number of hydrogen-bond donors (Lipinski definition) is 0. The molecule has 1 unspecified atom stereocenters. The van der Waals surface area contributed by atoms with E-state index in [4.69, 9.17) is 0 Å². The number of nitrogens with zero attached hydrogens (tertiary/aromatic N) is 1. The number of allylic oxidation sites excluding steroid dienone is 4. The van der Waals surface area contributed by atoms with E-state index < -0.39 is 17.4 Å². The molecule has 6 rings (SSSR count). The van der Waals surface area contributed by atoms with Gasteiger partial charge in [0.2, 0.25) is 0 Å². The SMILES string of the molecule is CCN(CC)c1ccc2c(c1)[CH]([Zr](=[SiH2])([C]1=CC=CC1)([c]1ccccc1)[c]1ccccc1)c1ccccc1-2.Cl.Cl. The average Bonchev–Trinajstić information content (AvgIpc) is 3.62. The third-order valence-corrected chi connectivity index (χ3v) is 36.3. The van der Waals surface area contributed by atoms with Gasteiger partial charge < -0.3 is 0 Å². The first-order valence-corrected chi connectivity index (χ1v) is 24.6. The van der Waals surface area contributed by atoms with Crippen molar-refractivity contribution < 1.29 is 17.4 Å². The number of halogens is 2. The monoisotopic (exact) mass is 647 g/mol. The van der Waals surface area contributed by atoms with E-state index in [1.54, 1.807) is 9.82 Å². The first-order chi connectivity index (χ1) is 18.1. The van der Waals surface area contributed by atoms with Gasteiger partial charge in [-0.3, -0.25) is 0 Å². The molecule has 4 aromatic carbocycles. The van der Waals surface area contributed by atoms with Gasteiger partial charge in [-0.05, 0) is 0 Å². The van der Waals surface area contributed by atoms with Crippen molar-refractivity contribution in [2.45, 2.75) is 23.9 Å². The third-order valence-electron chi connectivity index (χ3n) is 9.05. The van der Waals surface area contributed by atoms with Gasteiger partial charge in [0.05, 0.1) is 0 Å². The number of rotatable bonds is 7. The Morgan fingerprint density at radius 3 is 1.85 bits per heavy atom. The maximum absolute atomic E-state index is 4.30. The zero-order chi connectivity index (χ0) is 25.5. The smallest absolute Gasteiger partial charge is 0.147 e. The zero-order valence-corrected chi connectivity index (χ0v) is 28.2. The van der Waals surface area contributed by atoms with Gasteiger partial charge in [-0.25, -0.2) is 0 Å². The van der Waals surface area contributed by atoms with Gasteiger partial charge in [0.25, 0.3) is 0 Å². The quantitative estimate of drug-likeness (QED) is 0.192. The van der Waals surface area contributed by atoms with Gasteiger partial charge in [-0.2, -0.15) is 0 Å². The summed E-state index contributed by atoms with van der Waals surface area (Å²) in [5, 5.41) is 0. The summed E-state index contributed by atoms with van der Waals surface area (Å²) >= 11 is -4.30. The topological polar surface area (TPSA) is 3.24 Å². The second kappa shape index (κ2) is 11.8. The van der Waals surface area contributed by atoms with Crippen LogP contribution in [-0.4, -0.2) is 20.0 Å². The molecule has 4 aromatic rings. The van der Waals surface area contributed by atoms with Crippen molar-refractivity contribution in [3.63, 3.8) is 0 Å². The van der Waals surface area contributed by atoms with E-state index in [0.717, 1.165) is 19.5 Å². The Labute approximate surface area is 248 Å². The summed E-state index contributed by atoms with van der Waals surface area (Å²) in [7, 11) is 0. The number of hydrogen-bond acceptors (Lipinski definition) is 1. The van der Waals surface area contributed by atoms with Crippen molar-refractivity contribution in [3.8, 4) is 11.1 Å². The molecule has 0 N–H and O–H groups in total. The van der Waals surface area contributed by atoms with Gasteiger partial charge >= 0.3 is 225 Å². The van der Waals surface area contributed by atoms with E-state index in [9.17, 15) is 0 Å². The van der Waals surface area contributed by atoms with Crippen LogP contribution < -0.4 is 11.4 Å². The number of benzene rings is 4. The van der Waals surface area contributed by atoms with E-state index in [2.05, 4.69) is 147 Å². The first kappa shape index (κ1) is 29.8. The molecule has 0 amide bonds. The van der Waals surface area contributed by atoms with Gasteiger partial charge in [0.15, 0.2) is 0 Å². The predicted molar refractivity (Wildman–Crippen MR) is 174 cm³/mol. The summed E-state index contributed by atoms with van der Waals surface area (Å²) in [6.07, 6.45) is 8.20. The van der Waals surface area contributed by atoms with Crippen LogP contribution in [0.15, 0.2) is 125 Å². The van der Waals surface area contributed by atoms with Crippen molar-refractivity contribution >= 4 is 43.9 Å². The molecule has 0 radical (unpaired) electrons. The van der Waals surface area contributed by atoms with Crippen LogP contribution in [0.2, 0.25) is 0 Å². The molecule has 0 fully saturated rings. The Morgan fingerprint density at radius 2 is 1.28 bits per heavy atom. The molecular weight excluding hydrogens is 613 g/mol. The van der Waals surface area contributed by atoms with Crippen LogP contribution in [-0.2, 0) is 17.4 Å². The zero-order valence-electron chi connectivity index (χ0n) is 22.7. The van der Waals surface area contributed by atoms with Crippen molar-refractivity contribution in [2.24, 2.45) is 0 Å². The fourth-order valence-corrected chi connectivity index (χ4v) is 31.2. The summed E-state index contributed by atoms with van der Waals surface area (Å²) in [6.45, 7) is 8.97. The molecule has 0 aliphatic heterocycles. The summed E-state index contributed by atoms with van der Waals surface area (Å²) in [5.41, 5.74) is 7.20. The van der Waals surface area contributed by atoms with Crippen LogP contribution in [0.25, 0.3) is 11.1 Å². The van der Waals surface area contributed by atoms with E-state index in [0.29, 0.717) is 3.63 Å². The first-order valence-electron chi connectivity index (χ1n) is 13.6. The van der Waals surface area contributed by atoms with Gasteiger partial charge in [-0.1, -0.05) is 0 Å². The van der Waals surface area contributed by atoms with Gasteiger partial charge in [-0.15, -0.1) is 24.8 Å². The number of anilines is 1. The van der Waals surface area contributed by atoms with Crippen LogP contribution in [0, 0.1) is 0 Å². The molecule has 5 heteroatoms. The summed E-state index contributed by atoms with van der Waals surface area (Å²) in [4.78, 5) is 2.49. The molecule has 0 heterocycles. The molecule has 1 nitrogen and oxygen atoms in total. The van der Waals surface area contributed by atoms with Crippen molar-refractivity contribution in [1.82, 2.24) is 0 Å². The number of fused-ring (bicyclic) bond motifs is 3. The average molecular weight is 650 g/mol.